The van der Waals surface area contributed by atoms with Gasteiger partial charge >= 0.3 is 0 Å². The Morgan fingerprint density at radius 1 is 1.47 bits per heavy atom. The summed E-state index contributed by atoms with van der Waals surface area (Å²) in [6.07, 6.45) is 6.14. The lowest BCUT2D eigenvalue weighted by Crippen LogP contribution is -2.32. The zero-order valence-electron chi connectivity index (χ0n) is 9.12. The van der Waals surface area contributed by atoms with Crippen molar-refractivity contribution in [1.29, 1.82) is 0 Å². The average molecular weight is 220 g/mol. The van der Waals surface area contributed by atoms with E-state index in [0.717, 1.165) is 17.8 Å². The number of hydrogen-bond acceptors (Lipinski definition) is 2. The molecular weight excluding hydrogens is 204 g/mol. The summed E-state index contributed by atoms with van der Waals surface area (Å²) >= 11 is 1.71. The first-order valence-electron chi connectivity index (χ1n) is 5.53. The van der Waals surface area contributed by atoms with Crippen molar-refractivity contribution < 1.29 is 0 Å². The number of thiazole rings is 1. The molecule has 1 saturated carbocycles. The molecule has 1 heterocycles. The third kappa shape index (κ3) is 2.05. The Morgan fingerprint density at radius 2 is 2.20 bits per heavy atom. The van der Waals surface area contributed by atoms with E-state index in [-0.39, 0.29) is 5.41 Å². The summed E-state index contributed by atoms with van der Waals surface area (Å²) < 4.78 is 0. The second kappa shape index (κ2) is 4.32. The van der Waals surface area contributed by atoms with E-state index < -0.39 is 0 Å². The molecule has 3 heteroatoms. The number of aryl methyl sites for hydroxylation is 1. The molecule has 15 heavy (non-hydrogen) atoms. The van der Waals surface area contributed by atoms with Crippen molar-refractivity contribution in [3.05, 3.63) is 27.5 Å². The van der Waals surface area contributed by atoms with E-state index in [0.29, 0.717) is 6.54 Å². The lowest BCUT2D eigenvalue weighted by atomic mass is 9.72. The van der Waals surface area contributed by atoms with E-state index in [1.165, 1.54) is 25.0 Å². The Morgan fingerprint density at radius 3 is 2.73 bits per heavy atom. The number of hydrogen-bond donors (Lipinski definition) is 0. The Hall–Kier alpha value is -0.880. The van der Waals surface area contributed by atoms with Gasteiger partial charge in [-0.25, -0.2) is 11.6 Å². The van der Waals surface area contributed by atoms with Crippen molar-refractivity contribution in [2.75, 3.05) is 6.54 Å². The third-order valence-electron chi connectivity index (χ3n) is 3.35. The first kappa shape index (κ1) is 10.6. The second-order valence-corrected chi connectivity index (χ2v) is 5.47. The second-order valence-electron chi connectivity index (χ2n) is 4.41. The van der Waals surface area contributed by atoms with Gasteiger partial charge < -0.3 is 4.85 Å². The quantitative estimate of drug-likeness (QED) is 0.696. The molecule has 2 rings (SSSR count). The van der Waals surface area contributed by atoms with Crippen LogP contribution in [0.25, 0.3) is 4.85 Å². The van der Waals surface area contributed by atoms with Gasteiger partial charge in [0.25, 0.3) is 0 Å². The molecule has 2 nitrogen and oxygen atoms in total. The summed E-state index contributed by atoms with van der Waals surface area (Å²) in [4.78, 5) is 8.23. The van der Waals surface area contributed by atoms with Gasteiger partial charge in [0.15, 0.2) is 0 Å². The highest BCUT2D eigenvalue weighted by Crippen LogP contribution is 2.39. The van der Waals surface area contributed by atoms with E-state index in [4.69, 9.17) is 6.57 Å². The summed E-state index contributed by atoms with van der Waals surface area (Å²) in [6.45, 7) is 9.79. The zero-order chi connectivity index (χ0) is 10.7. The Bertz CT molecular complexity index is 369. The smallest absolute Gasteiger partial charge is 0.225 e. The molecule has 0 atom stereocenters. The third-order valence-corrected chi connectivity index (χ3v) is 4.13. The molecule has 0 radical (unpaired) electrons. The van der Waals surface area contributed by atoms with Crippen LogP contribution in [0.3, 0.4) is 0 Å². The van der Waals surface area contributed by atoms with E-state index in [9.17, 15) is 0 Å². The normalized spacial score (nSPS) is 19.7. The predicted octanol–water partition coefficient (Wildman–Crippen LogP) is 3.57. The first-order valence-corrected chi connectivity index (χ1v) is 6.41. The highest BCUT2D eigenvalue weighted by Gasteiger charge is 2.38. The first-order chi connectivity index (χ1) is 7.27. The number of aromatic nitrogens is 1. The van der Waals surface area contributed by atoms with Crippen LogP contribution in [0.15, 0.2) is 5.38 Å². The van der Waals surface area contributed by atoms with Crippen LogP contribution in [-0.2, 0) is 5.41 Å². The van der Waals surface area contributed by atoms with Gasteiger partial charge in [-0.3, -0.25) is 0 Å². The van der Waals surface area contributed by atoms with Gasteiger partial charge in [-0.05, 0) is 19.8 Å². The molecule has 0 N–H and O–H groups in total. The largest absolute Gasteiger partial charge is 0.316 e. The molecule has 80 valence electrons. The monoisotopic (exact) mass is 220 g/mol. The minimum atomic E-state index is 0.0881. The molecular formula is C12H16N2S. The molecule has 1 aliphatic carbocycles. The Kier molecular flexibility index (Phi) is 3.06. The van der Waals surface area contributed by atoms with Crippen LogP contribution in [-0.4, -0.2) is 11.5 Å². The molecule has 1 aromatic rings. The molecule has 0 aromatic carbocycles. The van der Waals surface area contributed by atoms with Crippen LogP contribution in [0, 0.1) is 13.5 Å². The molecule has 1 fully saturated rings. The van der Waals surface area contributed by atoms with E-state index in [1.54, 1.807) is 11.3 Å². The van der Waals surface area contributed by atoms with Crippen molar-refractivity contribution in [1.82, 2.24) is 4.98 Å². The van der Waals surface area contributed by atoms with Crippen LogP contribution < -0.4 is 0 Å². The molecule has 0 unspecified atom stereocenters. The molecule has 0 saturated heterocycles. The van der Waals surface area contributed by atoms with Gasteiger partial charge in [-0.2, -0.15) is 0 Å². The maximum atomic E-state index is 7.12. The van der Waals surface area contributed by atoms with Gasteiger partial charge in [0, 0.05) is 5.38 Å². The average Bonchev–Trinajstić information content (AvgIpc) is 2.67. The van der Waals surface area contributed by atoms with Crippen molar-refractivity contribution in [3.8, 4) is 0 Å². The fourth-order valence-corrected chi connectivity index (χ4v) is 3.22. The lowest BCUT2D eigenvalue weighted by molar-refractivity contribution is 0.307. The fraction of sp³-hybridized carbons (Fsp3) is 0.667. The van der Waals surface area contributed by atoms with Gasteiger partial charge in [0.2, 0.25) is 6.54 Å². The van der Waals surface area contributed by atoms with Crippen molar-refractivity contribution in [2.45, 2.75) is 44.4 Å². The van der Waals surface area contributed by atoms with Crippen LogP contribution >= 0.6 is 11.3 Å². The number of rotatable bonds is 2. The molecule has 0 aliphatic heterocycles. The van der Waals surface area contributed by atoms with Gasteiger partial charge in [-0.15, -0.1) is 11.3 Å². The van der Waals surface area contributed by atoms with Gasteiger partial charge in [0.05, 0.1) is 16.1 Å². The summed E-state index contributed by atoms with van der Waals surface area (Å²) in [6, 6.07) is 0. The van der Waals surface area contributed by atoms with E-state index in [1.807, 2.05) is 6.92 Å². The molecule has 1 aromatic heterocycles. The van der Waals surface area contributed by atoms with E-state index in [2.05, 4.69) is 15.2 Å². The topological polar surface area (TPSA) is 17.2 Å². The SMILES string of the molecule is [C-]#[N+]CC1(c2csc(C)n2)CCCCC1. The summed E-state index contributed by atoms with van der Waals surface area (Å²) in [5.41, 5.74) is 1.27. The van der Waals surface area contributed by atoms with Gasteiger partial charge in [-0.1, -0.05) is 19.3 Å². The highest BCUT2D eigenvalue weighted by atomic mass is 32.1. The van der Waals surface area contributed by atoms with Gasteiger partial charge in [0.1, 0.15) is 0 Å². The standard InChI is InChI=1S/C12H16N2S/c1-10-14-11(8-15-10)12(9-13-2)6-4-3-5-7-12/h8H,3-7,9H2,1H3. The lowest BCUT2D eigenvalue weighted by Gasteiger charge is -2.31. The predicted molar refractivity (Wildman–Crippen MR) is 63.1 cm³/mol. The van der Waals surface area contributed by atoms with Crippen molar-refractivity contribution in [2.24, 2.45) is 0 Å². The van der Waals surface area contributed by atoms with Crippen molar-refractivity contribution in [3.63, 3.8) is 0 Å². The Labute approximate surface area is 95.2 Å². The Balaban J connectivity index is 2.29. The fourth-order valence-electron chi connectivity index (χ4n) is 2.48. The zero-order valence-corrected chi connectivity index (χ0v) is 9.94. The summed E-state index contributed by atoms with van der Waals surface area (Å²) in [7, 11) is 0. The van der Waals surface area contributed by atoms with Crippen molar-refractivity contribution >= 4 is 11.3 Å². The highest BCUT2D eigenvalue weighted by molar-refractivity contribution is 7.09. The molecule has 0 spiro atoms. The van der Waals surface area contributed by atoms with Crippen LogP contribution in [0.2, 0.25) is 0 Å². The van der Waals surface area contributed by atoms with Crippen LogP contribution in [0.1, 0.15) is 42.8 Å². The number of nitrogens with zero attached hydrogens (tertiary/aromatic N) is 2. The minimum absolute atomic E-state index is 0.0881. The molecule has 0 amide bonds. The molecule has 1 aliphatic rings. The molecule has 0 bridgehead atoms. The van der Waals surface area contributed by atoms with Crippen LogP contribution in [0.4, 0.5) is 0 Å². The summed E-state index contributed by atoms with van der Waals surface area (Å²) in [5.74, 6) is 0. The van der Waals surface area contributed by atoms with Crippen LogP contribution in [0.5, 0.6) is 0 Å². The maximum absolute atomic E-state index is 7.12. The maximum Gasteiger partial charge on any atom is 0.225 e. The van der Waals surface area contributed by atoms with E-state index >= 15 is 0 Å². The minimum Gasteiger partial charge on any atom is -0.316 e. The summed E-state index contributed by atoms with van der Waals surface area (Å²) in [5, 5.41) is 3.28.